The van der Waals surface area contributed by atoms with Gasteiger partial charge in [0.2, 0.25) is 0 Å². The van der Waals surface area contributed by atoms with E-state index < -0.39 is 0 Å². The second-order valence-corrected chi connectivity index (χ2v) is 8.70. The number of rotatable bonds is 11. The molecule has 180 valence electrons. The number of fused-ring (bicyclic) bond motifs is 1. The van der Waals surface area contributed by atoms with Crippen molar-refractivity contribution in [2.45, 2.75) is 51.7 Å². The molecule has 1 atom stereocenters. The van der Waals surface area contributed by atoms with Gasteiger partial charge in [0.05, 0.1) is 25.4 Å². The van der Waals surface area contributed by atoms with E-state index in [-0.39, 0.29) is 11.6 Å². The summed E-state index contributed by atoms with van der Waals surface area (Å²) >= 11 is 0. The zero-order valence-electron chi connectivity index (χ0n) is 20.3. The van der Waals surface area contributed by atoms with Crippen molar-refractivity contribution in [3.63, 3.8) is 0 Å². The molecule has 2 heterocycles. The Labute approximate surface area is 201 Å². The van der Waals surface area contributed by atoms with Crippen LogP contribution in [0, 0.1) is 0 Å². The lowest BCUT2D eigenvalue weighted by molar-refractivity contribution is 0.171. The van der Waals surface area contributed by atoms with Gasteiger partial charge in [-0.05, 0) is 38.3 Å². The van der Waals surface area contributed by atoms with E-state index in [1.165, 1.54) is 0 Å². The zero-order chi connectivity index (χ0) is 23.9. The number of benzene rings is 1. The summed E-state index contributed by atoms with van der Waals surface area (Å²) in [4.78, 5) is 29.7. The second-order valence-electron chi connectivity index (χ2n) is 8.70. The standard InChI is InChI=1S/C26H34N6O2/c1-4-23(31(14-13-27-2)17-20-15-28-26(34-3)29-16-20)24-30-22-12-8-11-21(22)25(33)32(24)18-19-9-6-5-7-10-19/h5-7,9-10,15-16,23,27H,4,8,11-14,17-18H2,1-3H3. The van der Waals surface area contributed by atoms with E-state index in [0.29, 0.717) is 19.1 Å². The number of likely N-dealkylation sites (N-methyl/N-ethyl adjacent to an activating group) is 1. The van der Waals surface area contributed by atoms with Crippen LogP contribution in [0.25, 0.3) is 0 Å². The first kappa shape index (κ1) is 24.0. The summed E-state index contributed by atoms with van der Waals surface area (Å²) in [5, 5.41) is 3.26. The molecule has 0 fully saturated rings. The monoisotopic (exact) mass is 462 g/mol. The quantitative estimate of drug-likeness (QED) is 0.469. The average Bonchev–Trinajstić information content (AvgIpc) is 3.35. The largest absolute Gasteiger partial charge is 0.467 e. The topological polar surface area (TPSA) is 85.2 Å². The molecule has 1 N–H and O–H groups in total. The average molecular weight is 463 g/mol. The van der Waals surface area contributed by atoms with E-state index in [9.17, 15) is 4.79 Å². The van der Waals surface area contributed by atoms with E-state index in [4.69, 9.17) is 9.72 Å². The third-order valence-electron chi connectivity index (χ3n) is 6.43. The number of nitrogens with zero attached hydrogens (tertiary/aromatic N) is 5. The van der Waals surface area contributed by atoms with Crippen LogP contribution in [0.4, 0.5) is 0 Å². The van der Waals surface area contributed by atoms with Crippen LogP contribution in [0.15, 0.2) is 47.5 Å². The number of aryl methyl sites for hydroxylation is 1. The van der Waals surface area contributed by atoms with Crippen molar-refractivity contribution in [3.8, 4) is 6.01 Å². The van der Waals surface area contributed by atoms with Gasteiger partial charge in [-0.15, -0.1) is 0 Å². The molecule has 3 aromatic rings. The number of hydrogen-bond acceptors (Lipinski definition) is 7. The molecule has 0 aliphatic heterocycles. The van der Waals surface area contributed by atoms with E-state index in [1.807, 2.05) is 29.8 Å². The molecule has 34 heavy (non-hydrogen) atoms. The lowest BCUT2D eigenvalue weighted by atomic mass is 10.1. The van der Waals surface area contributed by atoms with Crippen molar-refractivity contribution in [1.82, 2.24) is 29.7 Å². The third kappa shape index (κ3) is 5.34. The van der Waals surface area contributed by atoms with Crippen molar-refractivity contribution in [2.75, 3.05) is 27.2 Å². The summed E-state index contributed by atoms with van der Waals surface area (Å²) in [5.74, 6) is 0.850. The van der Waals surface area contributed by atoms with Crippen LogP contribution in [0.1, 0.15) is 54.0 Å². The number of aromatic nitrogens is 4. The molecule has 1 aromatic carbocycles. The SMILES string of the molecule is CCC(c1nc2c(c(=O)n1Cc1ccccc1)CCC2)N(CCNC)Cc1cnc(OC)nc1. The first-order chi connectivity index (χ1) is 16.6. The maximum Gasteiger partial charge on any atom is 0.316 e. The number of ether oxygens (including phenoxy) is 1. The van der Waals surface area contributed by atoms with Crippen molar-refractivity contribution >= 4 is 0 Å². The fraction of sp³-hybridized carbons (Fsp3) is 0.462. The van der Waals surface area contributed by atoms with Crippen LogP contribution in [-0.4, -0.2) is 51.7 Å². The van der Waals surface area contributed by atoms with Gasteiger partial charge >= 0.3 is 6.01 Å². The van der Waals surface area contributed by atoms with Crippen LogP contribution in [0.3, 0.4) is 0 Å². The molecule has 8 nitrogen and oxygen atoms in total. The van der Waals surface area contributed by atoms with Gasteiger partial charge in [0.1, 0.15) is 5.82 Å². The van der Waals surface area contributed by atoms with Gasteiger partial charge in [-0.2, -0.15) is 0 Å². The summed E-state index contributed by atoms with van der Waals surface area (Å²) in [5.41, 5.74) is 4.07. The predicted octanol–water partition coefficient (Wildman–Crippen LogP) is 2.75. The Balaban J connectivity index is 1.74. The van der Waals surface area contributed by atoms with E-state index >= 15 is 0 Å². The minimum Gasteiger partial charge on any atom is -0.467 e. The van der Waals surface area contributed by atoms with Crippen LogP contribution in [-0.2, 0) is 25.9 Å². The predicted molar refractivity (Wildman–Crippen MR) is 132 cm³/mol. The molecule has 0 saturated carbocycles. The lowest BCUT2D eigenvalue weighted by Gasteiger charge is -2.32. The highest BCUT2D eigenvalue weighted by Crippen LogP contribution is 2.27. The molecule has 0 saturated heterocycles. The summed E-state index contributed by atoms with van der Waals surface area (Å²) in [6, 6.07) is 10.5. The van der Waals surface area contributed by atoms with E-state index in [0.717, 1.165) is 67.0 Å². The van der Waals surface area contributed by atoms with Gasteiger partial charge in [0.25, 0.3) is 5.56 Å². The molecule has 8 heteroatoms. The molecule has 4 rings (SSSR count). The Hall–Kier alpha value is -3.10. The minimum absolute atomic E-state index is 0.0160. The van der Waals surface area contributed by atoms with Crippen molar-refractivity contribution < 1.29 is 4.74 Å². The smallest absolute Gasteiger partial charge is 0.316 e. The molecule has 1 unspecified atom stereocenters. The first-order valence-corrected chi connectivity index (χ1v) is 12.0. The van der Waals surface area contributed by atoms with Crippen molar-refractivity contribution in [3.05, 3.63) is 81.3 Å². The zero-order valence-corrected chi connectivity index (χ0v) is 20.3. The molecule has 0 bridgehead atoms. The summed E-state index contributed by atoms with van der Waals surface area (Å²) < 4.78 is 7.02. The summed E-state index contributed by atoms with van der Waals surface area (Å²) in [6.45, 7) is 4.97. The van der Waals surface area contributed by atoms with Gasteiger partial charge in [-0.25, -0.2) is 15.0 Å². The van der Waals surface area contributed by atoms with Gasteiger partial charge in [0.15, 0.2) is 0 Å². The van der Waals surface area contributed by atoms with Crippen LogP contribution >= 0.6 is 0 Å². The van der Waals surface area contributed by atoms with Gasteiger partial charge < -0.3 is 10.1 Å². The van der Waals surface area contributed by atoms with Gasteiger partial charge in [-0.1, -0.05) is 37.3 Å². The van der Waals surface area contributed by atoms with Crippen molar-refractivity contribution in [1.29, 1.82) is 0 Å². The highest BCUT2D eigenvalue weighted by atomic mass is 16.5. The first-order valence-electron chi connectivity index (χ1n) is 12.0. The molecule has 0 amide bonds. The second kappa shape index (κ2) is 11.4. The van der Waals surface area contributed by atoms with E-state index in [2.05, 4.69) is 39.2 Å². The maximum absolute atomic E-state index is 13.6. The number of methoxy groups -OCH3 is 1. The summed E-state index contributed by atoms with van der Waals surface area (Å²) in [6.07, 6.45) is 7.13. The minimum atomic E-state index is -0.0160. The highest BCUT2D eigenvalue weighted by Gasteiger charge is 2.28. The normalized spacial score (nSPS) is 13.8. The Kier molecular flexibility index (Phi) is 8.03. The van der Waals surface area contributed by atoms with E-state index in [1.54, 1.807) is 19.5 Å². The number of nitrogens with one attached hydrogen (secondary N) is 1. The third-order valence-corrected chi connectivity index (χ3v) is 6.43. The lowest BCUT2D eigenvalue weighted by Crippen LogP contribution is -2.39. The number of hydrogen-bond donors (Lipinski definition) is 1. The van der Waals surface area contributed by atoms with Crippen LogP contribution in [0.2, 0.25) is 0 Å². The van der Waals surface area contributed by atoms with Gasteiger partial charge in [-0.3, -0.25) is 14.3 Å². The Morgan fingerprint density at radius 3 is 2.59 bits per heavy atom. The molecule has 2 aromatic heterocycles. The Morgan fingerprint density at radius 2 is 1.91 bits per heavy atom. The highest BCUT2D eigenvalue weighted by molar-refractivity contribution is 5.26. The molecular formula is C26H34N6O2. The maximum atomic E-state index is 13.6. The summed E-state index contributed by atoms with van der Waals surface area (Å²) in [7, 11) is 3.52. The molecule has 1 aliphatic carbocycles. The molecule has 1 aliphatic rings. The molecule has 0 radical (unpaired) electrons. The fourth-order valence-electron chi connectivity index (χ4n) is 4.69. The fourth-order valence-corrected chi connectivity index (χ4v) is 4.69. The van der Waals surface area contributed by atoms with Crippen molar-refractivity contribution in [2.24, 2.45) is 0 Å². The molecule has 0 spiro atoms. The van der Waals surface area contributed by atoms with Crippen LogP contribution in [0.5, 0.6) is 6.01 Å². The molecular weight excluding hydrogens is 428 g/mol. The van der Waals surface area contributed by atoms with Crippen LogP contribution < -0.4 is 15.6 Å². The Bertz CT molecular complexity index is 1130. The van der Waals surface area contributed by atoms with Gasteiger partial charge in [0, 0.05) is 43.2 Å². The Morgan fingerprint density at radius 1 is 1.15 bits per heavy atom.